The second kappa shape index (κ2) is 10.6. The van der Waals surface area contributed by atoms with Crippen molar-refractivity contribution in [3.05, 3.63) is 0 Å². The smallest absolute Gasteiger partial charge is 0.307 e. The zero-order chi connectivity index (χ0) is 12.6. The third-order valence-electron chi connectivity index (χ3n) is 2.44. The lowest BCUT2D eigenvalue weighted by molar-refractivity contribution is -0.140. The predicted molar refractivity (Wildman–Crippen MR) is 80.8 cm³/mol. The fourth-order valence-electron chi connectivity index (χ4n) is 0.962. The number of hydrogen-bond donors (Lipinski definition) is 2. The fraction of sp³-hybridized carbons (Fsp3) is 0.818. The minimum Gasteiger partial charge on any atom is -0.469 e. The van der Waals surface area contributed by atoms with E-state index in [2.05, 4.69) is 41.1 Å². The van der Waals surface area contributed by atoms with Crippen molar-refractivity contribution in [1.29, 1.82) is 0 Å². The van der Waals surface area contributed by atoms with Gasteiger partial charge in [-0.3, -0.25) is 9.79 Å². The molecule has 0 aromatic heterocycles. The van der Waals surface area contributed by atoms with Crippen LogP contribution in [0.15, 0.2) is 4.99 Å². The maximum absolute atomic E-state index is 10.9. The van der Waals surface area contributed by atoms with Crippen LogP contribution in [0.4, 0.5) is 0 Å². The van der Waals surface area contributed by atoms with E-state index >= 15 is 0 Å². The Bertz CT molecular complexity index is 245. The molecule has 2 N–H and O–H groups in total. The van der Waals surface area contributed by atoms with Gasteiger partial charge in [-0.2, -0.15) is 0 Å². The van der Waals surface area contributed by atoms with Crippen LogP contribution in [0, 0.1) is 5.92 Å². The first-order valence-electron chi connectivity index (χ1n) is 5.55. The number of aliphatic imine (C=N–C) groups is 1. The molecule has 0 saturated carbocycles. The van der Waals surface area contributed by atoms with Gasteiger partial charge < -0.3 is 15.4 Å². The topological polar surface area (TPSA) is 62.7 Å². The predicted octanol–water partition coefficient (Wildman–Crippen LogP) is 1.38. The molecule has 0 radical (unpaired) electrons. The number of halogens is 1. The molecule has 0 aliphatic heterocycles. The minimum atomic E-state index is -0.222. The molecule has 17 heavy (non-hydrogen) atoms. The molecule has 0 aromatic rings. The summed E-state index contributed by atoms with van der Waals surface area (Å²) in [4.78, 5) is 15.0. The van der Waals surface area contributed by atoms with Gasteiger partial charge in [0.1, 0.15) is 0 Å². The molecule has 6 heteroatoms. The zero-order valence-electron chi connectivity index (χ0n) is 11.2. The third-order valence-corrected chi connectivity index (χ3v) is 2.44. The van der Waals surface area contributed by atoms with Gasteiger partial charge in [-0.15, -0.1) is 24.0 Å². The monoisotopic (exact) mass is 357 g/mol. The van der Waals surface area contributed by atoms with Gasteiger partial charge in [-0.1, -0.05) is 13.8 Å². The molecule has 0 aliphatic rings. The van der Waals surface area contributed by atoms with Crippen molar-refractivity contribution in [2.45, 2.75) is 33.2 Å². The van der Waals surface area contributed by atoms with Crippen molar-refractivity contribution in [1.82, 2.24) is 10.6 Å². The maximum Gasteiger partial charge on any atom is 0.307 e. The van der Waals surface area contributed by atoms with Crippen LogP contribution < -0.4 is 10.6 Å². The highest BCUT2D eigenvalue weighted by molar-refractivity contribution is 14.0. The highest BCUT2D eigenvalue weighted by Gasteiger charge is 2.08. The number of esters is 1. The Morgan fingerprint density at radius 1 is 1.35 bits per heavy atom. The summed E-state index contributed by atoms with van der Waals surface area (Å²) in [6.45, 7) is 6.90. The first kappa shape index (κ1) is 18.8. The van der Waals surface area contributed by atoms with Gasteiger partial charge in [0.05, 0.1) is 13.5 Å². The molecule has 0 heterocycles. The van der Waals surface area contributed by atoms with Gasteiger partial charge in [0.25, 0.3) is 0 Å². The molecule has 0 aliphatic carbocycles. The van der Waals surface area contributed by atoms with E-state index < -0.39 is 0 Å². The van der Waals surface area contributed by atoms with Gasteiger partial charge >= 0.3 is 5.97 Å². The first-order valence-corrected chi connectivity index (χ1v) is 5.55. The molecule has 5 nitrogen and oxygen atoms in total. The number of methoxy groups -OCH3 is 1. The number of rotatable bonds is 5. The van der Waals surface area contributed by atoms with Gasteiger partial charge in [-0.25, -0.2) is 0 Å². The Labute approximate surface area is 121 Å². The van der Waals surface area contributed by atoms with E-state index in [9.17, 15) is 4.79 Å². The summed E-state index contributed by atoms with van der Waals surface area (Å²) in [6.07, 6.45) is 0.341. The van der Waals surface area contributed by atoms with Crippen LogP contribution >= 0.6 is 24.0 Å². The quantitative estimate of drug-likeness (QED) is 0.338. The Hall–Kier alpha value is -0.530. The number of hydrogen-bond acceptors (Lipinski definition) is 3. The Morgan fingerprint density at radius 3 is 2.35 bits per heavy atom. The van der Waals surface area contributed by atoms with Crippen molar-refractivity contribution in [2.24, 2.45) is 10.9 Å². The summed E-state index contributed by atoms with van der Waals surface area (Å²) < 4.78 is 4.55. The number of carbonyl (C=O) groups excluding carboxylic acids is 1. The van der Waals surface area contributed by atoms with Crippen molar-refractivity contribution in [2.75, 3.05) is 20.7 Å². The number of guanidine groups is 1. The Kier molecular flexibility index (Phi) is 11.8. The number of nitrogens with zero attached hydrogens (tertiary/aromatic N) is 1. The lowest BCUT2D eigenvalue weighted by atomic mass is 10.1. The van der Waals surface area contributed by atoms with E-state index in [-0.39, 0.29) is 29.9 Å². The molecule has 0 amide bonds. The summed E-state index contributed by atoms with van der Waals surface area (Å²) in [7, 11) is 3.09. The van der Waals surface area contributed by atoms with Crippen molar-refractivity contribution in [3.8, 4) is 0 Å². The van der Waals surface area contributed by atoms with Crippen LogP contribution in [0.25, 0.3) is 0 Å². The van der Waals surface area contributed by atoms with E-state index in [4.69, 9.17) is 0 Å². The standard InChI is InChI=1S/C11H23N3O2.HI/c1-8(2)9(3)14-11(12-4)13-7-6-10(15)16-5;/h8-9H,6-7H2,1-5H3,(H2,12,13,14);1H. The van der Waals surface area contributed by atoms with Crippen LogP contribution in [0.2, 0.25) is 0 Å². The highest BCUT2D eigenvalue weighted by Crippen LogP contribution is 1.98. The van der Waals surface area contributed by atoms with Crippen LogP contribution in [0.3, 0.4) is 0 Å². The molecular weight excluding hydrogens is 333 g/mol. The highest BCUT2D eigenvalue weighted by atomic mass is 127. The summed E-state index contributed by atoms with van der Waals surface area (Å²) in [5.74, 6) is 1.02. The molecule has 0 aromatic carbocycles. The molecule has 0 rings (SSSR count). The van der Waals surface area contributed by atoms with Crippen LogP contribution in [0.5, 0.6) is 0 Å². The third kappa shape index (κ3) is 9.20. The normalized spacial score (nSPS) is 12.7. The van der Waals surface area contributed by atoms with Crippen molar-refractivity contribution < 1.29 is 9.53 Å². The summed E-state index contributed by atoms with van der Waals surface area (Å²) in [5.41, 5.74) is 0. The van der Waals surface area contributed by atoms with Crippen LogP contribution in [0.1, 0.15) is 27.2 Å². The lowest BCUT2D eigenvalue weighted by Crippen LogP contribution is -2.44. The van der Waals surface area contributed by atoms with E-state index in [1.807, 2.05) is 0 Å². The molecular formula is C11H24IN3O2. The number of carbonyl (C=O) groups is 1. The largest absolute Gasteiger partial charge is 0.469 e. The van der Waals surface area contributed by atoms with Gasteiger partial charge in [0.15, 0.2) is 5.96 Å². The van der Waals surface area contributed by atoms with Crippen LogP contribution in [-0.2, 0) is 9.53 Å². The molecule has 0 saturated heterocycles. The molecule has 102 valence electrons. The summed E-state index contributed by atoms with van der Waals surface area (Å²) >= 11 is 0. The van der Waals surface area contributed by atoms with Gasteiger partial charge in [0.2, 0.25) is 0 Å². The second-order valence-electron chi connectivity index (χ2n) is 4.00. The van der Waals surface area contributed by atoms with Gasteiger partial charge in [0, 0.05) is 19.6 Å². The minimum absolute atomic E-state index is 0. The molecule has 0 spiro atoms. The lowest BCUT2D eigenvalue weighted by Gasteiger charge is -2.20. The zero-order valence-corrected chi connectivity index (χ0v) is 13.6. The van der Waals surface area contributed by atoms with E-state index in [1.54, 1.807) is 7.05 Å². The van der Waals surface area contributed by atoms with Crippen molar-refractivity contribution >= 4 is 35.9 Å². The first-order chi connectivity index (χ1) is 7.51. The Morgan fingerprint density at radius 2 is 1.94 bits per heavy atom. The van der Waals surface area contributed by atoms with E-state index in [0.29, 0.717) is 30.9 Å². The SMILES string of the molecule is CN=C(NCCC(=O)OC)NC(C)C(C)C.I. The number of nitrogens with one attached hydrogen (secondary N) is 2. The number of ether oxygens (including phenoxy) is 1. The Balaban J connectivity index is 0. The molecule has 0 fully saturated rings. The molecule has 0 bridgehead atoms. The van der Waals surface area contributed by atoms with E-state index in [0.717, 1.165) is 0 Å². The van der Waals surface area contributed by atoms with Crippen molar-refractivity contribution in [3.63, 3.8) is 0 Å². The van der Waals surface area contributed by atoms with E-state index in [1.165, 1.54) is 7.11 Å². The maximum atomic E-state index is 10.9. The average molecular weight is 357 g/mol. The fourth-order valence-corrected chi connectivity index (χ4v) is 0.962. The molecule has 1 atom stereocenters. The van der Waals surface area contributed by atoms with Crippen LogP contribution in [-0.4, -0.2) is 38.7 Å². The summed E-state index contributed by atoms with van der Waals surface area (Å²) in [5, 5.41) is 6.30. The van der Waals surface area contributed by atoms with Gasteiger partial charge in [-0.05, 0) is 12.8 Å². The molecule has 1 unspecified atom stereocenters. The summed E-state index contributed by atoms with van der Waals surface area (Å²) in [6, 6.07) is 0.337. The average Bonchev–Trinajstić information content (AvgIpc) is 2.26. The second-order valence-corrected chi connectivity index (χ2v) is 4.00.